The molecule has 240 valence electrons. The quantitative estimate of drug-likeness (QED) is 0.115. The van der Waals surface area contributed by atoms with Crippen LogP contribution in [0.2, 0.25) is 0 Å². The number of hydrogen-bond acceptors (Lipinski definition) is 9. The number of rotatable bonds is 11. The summed E-state index contributed by atoms with van der Waals surface area (Å²) in [7, 11) is 0. The van der Waals surface area contributed by atoms with Gasteiger partial charge in [-0.15, -0.1) is 0 Å². The van der Waals surface area contributed by atoms with E-state index >= 15 is 0 Å². The van der Waals surface area contributed by atoms with Gasteiger partial charge in [-0.3, -0.25) is 15.0 Å². The molecule has 7 N–H and O–H groups in total. The van der Waals surface area contributed by atoms with Crippen molar-refractivity contribution in [3.63, 3.8) is 0 Å². The molecule has 42 heavy (non-hydrogen) atoms. The van der Waals surface area contributed by atoms with Gasteiger partial charge < -0.3 is 45.9 Å². The molecule has 0 radical (unpaired) electrons. The molecule has 1 aliphatic carbocycles. The number of ether oxygens (including phenoxy) is 3. The van der Waals surface area contributed by atoms with Gasteiger partial charge in [0, 0.05) is 6.54 Å². The number of nitrogens with zero attached hydrogens (tertiary/aromatic N) is 1. The Balaban J connectivity index is 2.01. The Morgan fingerprint density at radius 2 is 1.69 bits per heavy atom. The van der Waals surface area contributed by atoms with Gasteiger partial charge in [-0.2, -0.15) is 0 Å². The summed E-state index contributed by atoms with van der Waals surface area (Å²) in [5, 5.41) is 25.6. The Hall–Kier alpha value is -3.29. The summed E-state index contributed by atoms with van der Waals surface area (Å²) in [6, 6.07) is -3.15. The fourth-order valence-corrected chi connectivity index (χ4v) is 5.25. The Bertz CT molecular complexity index is 947. The molecule has 0 aromatic rings. The van der Waals surface area contributed by atoms with Crippen LogP contribution in [0.15, 0.2) is 0 Å². The minimum atomic E-state index is -1.37. The maximum atomic E-state index is 13.1. The van der Waals surface area contributed by atoms with Crippen molar-refractivity contribution in [3.05, 3.63) is 0 Å². The monoisotopic (exact) mass is 598 g/mol. The summed E-state index contributed by atoms with van der Waals surface area (Å²) in [5.74, 6) is -0.711. The molecule has 7 atom stereocenters. The Kier molecular flexibility index (Phi) is 13.6. The number of aliphatic hydroxyl groups is 1. The molecule has 0 aromatic carbocycles. The zero-order valence-electron chi connectivity index (χ0n) is 25.7. The van der Waals surface area contributed by atoms with Gasteiger partial charge in [-0.05, 0) is 56.3 Å². The molecule has 1 heterocycles. The predicted octanol–water partition coefficient (Wildman–Crippen LogP) is 1.65. The highest BCUT2D eigenvalue weighted by atomic mass is 16.7. The molecule has 3 amide bonds. The van der Waals surface area contributed by atoms with Gasteiger partial charge in [0.25, 0.3) is 0 Å². The first-order valence-corrected chi connectivity index (χ1v) is 14.9. The van der Waals surface area contributed by atoms with Gasteiger partial charge in [0.15, 0.2) is 5.96 Å². The van der Waals surface area contributed by atoms with Gasteiger partial charge in [0.1, 0.15) is 31.0 Å². The SMILES string of the molecule is CC(C)COC(=O)N[C@H](COC(=O)O[C@@H]1C[C@H](C)CC[C@H]1C(C)C)C(=O)N[C@@H](C)C(=O)N[C@H]1CCCN(C(=N)N)C1O. The first-order chi connectivity index (χ1) is 19.7. The molecule has 1 unspecified atom stereocenters. The van der Waals surface area contributed by atoms with Crippen LogP contribution >= 0.6 is 0 Å². The minimum absolute atomic E-state index is 0.0545. The van der Waals surface area contributed by atoms with E-state index in [2.05, 4.69) is 36.7 Å². The van der Waals surface area contributed by atoms with Crippen molar-refractivity contribution >= 4 is 30.0 Å². The van der Waals surface area contributed by atoms with Gasteiger partial charge in [-0.1, -0.05) is 41.0 Å². The highest BCUT2D eigenvalue weighted by Crippen LogP contribution is 2.35. The van der Waals surface area contributed by atoms with Crippen molar-refractivity contribution in [1.82, 2.24) is 20.9 Å². The lowest BCUT2D eigenvalue weighted by atomic mass is 9.75. The van der Waals surface area contributed by atoms with Crippen LogP contribution in [0, 0.1) is 29.1 Å². The molecule has 0 aromatic heterocycles. The number of hydrogen-bond donors (Lipinski definition) is 6. The smallest absolute Gasteiger partial charge is 0.449 e. The standard InChI is InChI=1S/C28H50N6O8/c1-15(2)13-40-27(38)33-21(14-41-28(39)42-22-12-17(5)9-10-19(22)16(3)4)24(36)31-18(6)23(35)32-20-8-7-11-34(25(20)37)26(29)30/h15-22,25,37H,7-14H2,1-6H3,(H3,29,30)(H,31,36)(H,32,35)(H,33,38)/t17-,18+,19+,20+,21-,22-,25?/m1/s1. The van der Waals surface area contributed by atoms with Gasteiger partial charge >= 0.3 is 12.2 Å². The summed E-state index contributed by atoms with van der Waals surface area (Å²) in [6.07, 6.45) is 0.447. The maximum Gasteiger partial charge on any atom is 0.508 e. The van der Waals surface area contributed by atoms with Crippen molar-refractivity contribution in [2.75, 3.05) is 19.8 Å². The van der Waals surface area contributed by atoms with Crippen molar-refractivity contribution in [2.45, 2.75) is 104 Å². The van der Waals surface area contributed by atoms with Crippen LogP contribution in [0.5, 0.6) is 0 Å². The highest BCUT2D eigenvalue weighted by Gasteiger charge is 2.36. The second-order valence-corrected chi connectivity index (χ2v) is 12.2. The van der Waals surface area contributed by atoms with Crippen LogP contribution in [-0.4, -0.2) is 90.2 Å². The number of carbonyl (C=O) groups is 4. The lowest BCUT2D eigenvalue weighted by molar-refractivity contribution is -0.132. The molecule has 2 fully saturated rings. The molecular weight excluding hydrogens is 548 g/mol. The average Bonchev–Trinajstić information content (AvgIpc) is 2.90. The number of nitrogens with one attached hydrogen (secondary N) is 4. The number of aliphatic hydroxyl groups excluding tert-OH is 1. The third-order valence-corrected chi connectivity index (χ3v) is 7.72. The van der Waals surface area contributed by atoms with Crippen LogP contribution in [0.4, 0.5) is 9.59 Å². The minimum Gasteiger partial charge on any atom is -0.449 e. The normalized spacial score (nSPS) is 25.6. The van der Waals surface area contributed by atoms with E-state index in [0.29, 0.717) is 37.6 Å². The first-order valence-electron chi connectivity index (χ1n) is 14.9. The Morgan fingerprint density at radius 3 is 2.31 bits per heavy atom. The molecule has 2 aliphatic rings. The second-order valence-electron chi connectivity index (χ2n) is 12.2. The molecule has 14 nitrogen and oxygen atoms in total. The fraction of sp³-hybridized carbons (Fsp3) is 0.821. The van der Waals surface area contributed by atoms with Crippen LogP contribution in [-0.2, 0) is 23.8 Å². The predicted molar refractivity (Wildman–Crippen MR) is 154 cm³/mol. The van der Waals surface area contributed by atoms with Crippen molar-refractivity contribution in [3.8, 4) is 0 Å². The van der Waals surface area contributed by atoms with Gasteiger partial charge in [0.05, 0.1) is 12.6 Å². The van der Waals surface area contributed by atoms with E-state index < -0.39 is 55.0 Å². The Labute approximate surface area is 248 Å². The Morgan fingerprint density at radius 1 is 1.00 bits per heavy atom. The zero-order valence-corrected chi connectivity index (χ0v) is 25.7. The van der Waals surface area contributed by atoms with E-state index in [0.717, 1.165) is 12.8 Å². The molecule has 1 saturated carbocycles. The lowest BCUT2D eigenvalue weighted by Crippen LogP contribution is -2.61. The number of carbonyl (C=O) groups excluding carboxylic acids is 4. The summed E-state index contributed by atoms with van der Waals surface area (Å²) in [5.41, 5.74) is 5.51. The van der Waals surface area contributed by atoms with E-state index in [-0.39, 0.29) is 30.5 Å². The molecule has 1 saturated heterocycles. The zero-order chi connectivity index (χ0) is 31.6. The van der Waals surface area contributed by atoms with Crippen molar-refractivity contribution in [1.29, 1.82) is 5.41 Å². The first kappa shape index (κ1) is 34.9. The van der Waals surface area contributed by atoms with Crippen molar-refractivity contribution < 1.29 is 38.5 Å². The van der Waals surface area contributed by atoms with Crippen LogP contribution < -0.4 is 21.7 Å². The van der Waals surface area contributed by atoms with E-state index in [1.165, 1.54) is 11.8 Å². The molecule has 0 bridgehead atoms. The third kappa shape index (κ3) is 10.8. The summed E-state index contributed by atoms with van der Waals surface area (Å²) >= 11 is 0. The largest absolute Gasteiger partial charge is 0.508 e. The van der Waals surface area contributed by atoms with Crippen molar-refractivity contribution in [2.24, 2.45) is 29.4 Å². The summed E-state index contributed by atoms with van der Waals surface area (Å²) in [4.78, 5) is 52.2. The van der Waals surface area contributed by atoms with E-state index in [4.69, 9.17) is 25.4 Å². The number of guanidine groups is 1. The summed E-state index contributed by atoms with van der Waals surface area (Å²) in [6.45, 7) is 11.4. The number of likely N-dealkylation sites (tertiary alicyclic amines) is 1. The van der Waals surface area contributed by atoms with Crippen LogP contribution in [0.25, 0.3) is 0 Å². The van der Waals surface area contributed by atoms with Crippen LogP contribution in [0.1, 0.15) is 73.6 Å². The topological polar surface area (TPSA) is 205 Å². The number of alkyl carbamates (subject to hydrolysis) is 1. The van der Waals surface area contributed by atoms with Crippen LogP contribution in [0.3, 0.4) is 0 Å². The fourth-order valence-electron chi connectivity index (χ4n) is 5.25. The number of amides is 3. The molecule has 2 rings (SSSR count). The van der Waals surface area contributed by atoms with E-state index in [9.17, 15) is 24.3 Å². The lowest BCUT2D eigenvalue weighted by Gasteiger charge is -2.38. The number of piperidine rings is 1. The average molecular weight is 599 g/mol. The van der Waals surface area contributed by atoms with Gasteiger partial charge in [0.2, 0.25) is 11.8 Å². The summed E-state index contributed by atoms with van der Waals surface area (Å²) < 4.78 is 16.0. The maximum absolute atomic E-state index is 13.1. The van der Waals surface area contributed by atoms with E-state index in [1.807, 2.05) is 13.8 Å². The molecule has 14 heteroatoms. The molecular formula is C28H50N6O8. The molecule has 1 aliphatic heterocycles. The highest BCUT2D eigenvalue weighted by molar-refractivity contribution is 5.91. The number of nitrogens with two attached hydrogens (primary N) is 1. The molecule has 0 spiro atoms. The van der Waals surface area contributed by atoms with Gasteiger partial charge in [-0.25, -0.2) is 9.59 Å². The second kappa shape index (κ2) is 16.4. The van der Waals surface area contributed by atoms with E-state index in [1.54, 1.807) is 0 Å². The third-order valence-electron chi connectivity index (χ3n) is 7.72.